The summed E-state index contributed by atoms with van der Waals surface area (Å²) in [6.07, 6.45) is 1.51. The fourth-order valence-electron chi connectivity index (χ4n) is 2.18. The molecule has 1 amide bonds. The Balaban J connectivity index is 1.87. The van der Waals surface area contributed by atoms with Gasteiger partial charge >= 0.3 is 0 Å². The summed E-state index contributed by atoms with van der Waals surface area (Å²) in [5.41, 5.74) is 1.26. The zero-order chi connectivity index (χ0) is 14.8. The molecule has 1 aromatic heterocycles. The third kappa shape index (κ3) is 3.59. The van der Waals surface area contributed by atoms with Gasteiger partial charge in [0.1, 0.15) is 0 Å². The van der Waals surface area contributed by atoms with Gasteiger partial charge in [-0.15, -0.1) is 0 Å². The van der Waals surface area contributed by atoms with Gasteiger partial charge in [0.25, 0.3) is 5.91 Å². The topological polar surface area (TPSA) is 76.7 Å². The van der Waals surface area contributed by atoms with Gasteiger partial charge in [-0.3, -0.25) is 4.79 Å². The van der Waals surface area contributed by atoms with Gasteiger partial charge in [-0.2, -0.15) is 0 Å². The van der Waals surface area contributed by atoms with E-state index < -0.39 is 5.60 Å². The zero-order valence-corrected chi connectivity index (χ0v) is 12.4. The van der Waals surface area contributed by atoms with Crippen molar-refractivity contribution in [1.82, 2.24) is 10.5 Å². The van der Waals surface area contributed by atoms with Crippen LogP contribution in [-0.4, -0.2) is 28.9 Å². The number of hydrogen-bond donors (Lipinski definition) is 1. The van der Waals surface area contributed by atoms with Gasteiger partial charge in [-0.05, 0) is 26.2 Å². The van der Waals surface area contributed by atoms with Crippen LogP contribution in [0.15, 0.2) is 15.7 Å². The lowest BCUT2D eigenvalue weighted by molar-refractivity contribution is -0.00204. The zero-order valence-electron chi connectivity index (χ0n) is 12.4. The summed E-state index contributed by atoms with van der Waals surface area (Å²) in [7, 11) is 0. The molecule has 1 atom stereocenters. The van der Waals surface area contributed by atoms with Gasteiger partial charge < -0.3 is 14.7 Å². The van der Waals surface area contributed by atoms with Crippen molar-refractivity contribution in [1.29, 1.82) is 0 Å². The first-order valence-corrected chi connectivity index (χ1v) is 6.83. The van der Waals surface area contributed by atoms with E-state index in [4.69, 9.17) is 9.36 Å². The summed E-state index contributed by atoms with van der Waals surface area (Å²) in [6, 6.07) is 1.69. The standard InChI is InChI=1S/C14H21N3O3/c1-9(2)5-11-6-12(19-17-11)13(18)15-8-14(4)7-10(3)16-20-14/h6,9H,5,7-8H2,1-4H3,(H,15,18)/t14-/m0/s1. The maximum atomic E-state index is 12.0. The molecule has 1 aliphatic rings. The van der Waals surface area contributed by atoms with Crippen molar-refractivity contribution in [2.45, 2.75) is 46.1 Å². The number of oxime groups is 1. The molecule has 0 aromatic carbocycles. The summed E-state index contributed by atoms with van der Waals surface area (Å²) in [6.45, 7) is 8.39. The molecule has 1 N–H and O–H groups in total. The molecule has 110 valence electrons. The van der Waals surface area contributed by atoms with Crippen LogP contribution in [-0.2, 0) is 11.3 Å². The molecular weight excluding hydrogens is 258 g/mol. The van der Waals surface area contributed by atoms with E-state index in [-0.39, 0.29) is 11.7 Å². The smallest absolute Gasteiger partial charge is 0.290 e. The highest BCUT2D eigenvalue weighted by Gasteiger charge is 2.33. The number of carbonyl (C=O) groups is 1. The average Bonchev–Trinajstić information content (AvgIpc) is 2.94. The van der Waals surface area contributed by atoms with E-state index in [0.29, 0.717) is 18.9 Å². The van der Waals surface area contributed by atoms with Crippen LogP contribution in [0.25, 0.3) is 0 Å². The molecule has 0 unspecified atom stereocenters. The van der Waals surface area contributed by atoms with Gasteiger partial charge in [-0.25, -0.2) is 0 Å². The molecule has 0 saturated carbocycles. The van der Waals surface area contributed by atoms with Crippen molar-refractivity contribution in [3.05, 3.63) is 17.5 Å². The number of amides is 1. The van der Waals surface area contributed by atoms with Crippen LogP contribution in [0.2, 0.25) is 0 Å². The van der Waals surface area contributed by atoms with Crippen molar-refractivity contribution in [3.8, 4) is 0 Å². The molecular formula is C14H21N3O3. The second-order valence-corrected chi connectivity index (χ2v) is 6.01. The predicted molar refractivity (Wildman–Crippen MR) is 74.6 cm³/mol. The van der Waals surface area contributed by atoms with Crippen LogP contribution >= 0.6 is 0 Å². The minimum atomic E-state index is -0.472. The van der Waals surface area contributed by atoms with Crippen LogP contribution in [0.1, 0.15) is 50.4 Å². The highest BCUT2D eigenvalue weighted by atomic mass is 16.7. The van der Waals surface area contributed by atoms with E-state index in [0.717, 1.165) is 17.8 Å². The number of aromatic nitrogens is 1. The quantitative estimate of drug-likeness (QED) is 0.896. The average molecular weight is 279 g/mol. The number of carbonyl (C=O) groups excluding carboxylic acids is 1. The second kappa shape index (κ2) is 5.64. The summed E-state index contributed by atoms with van der Waals surface area (Å²) < 4.78 is 5.07. The van der Waals surface area contributed by atoms with Crippen LogP contribution in [0.3, 0.4) is 0 Å². The first kappa shape index (κ1) is 14.6. The molecule has 0 spiro atoms. The van der Waals surface area contributed by atoms with Crippen molar-refractivity contribution in [3.63, 3.8) is 0 Å². The molecule has 1 aliphatic heterocycles. The predicted octanol–water partition coefficient (Wildman–Crippen LogP) is 2.16. The van der Waals surface area contributed by atoms with Gasteiger partial charge in [-0.1, -0.05) is 24.2 Å². The molecule has 0 bridgehead atoms. The van der Waals surface area contributed by atoms with Crippen molar-refractivity contribution < 1.29 is 14.2 Å². The molecule has 1 aromatic rings. The molecule has 6 heteroatoms. The Hall–Kier alpha value is -1.85. The number of hydrogen-bond acceptors (Lipinski definition) is 5. The van der Waals surface area contributed by atoms with E-state index in [1.165, 1.54) is 0 Å². The maximum Gasteiger partial charge on any atom is 0.290 e. The van der Waals surface area contributed by atoms with Crippen molar-refractivity contribution in [2.75, 3.05) is 6.54 Å². The van der Waals surface area contributed by atoms with Crippen molar-refractivity contribution >= 4 is 11.6 Å². The summed E-state index contributed by atoms with van der Waals surface area (Å²) in [5.74, 6) is 0.434. The third-order valence-corrected chi connectivity index (χ3v) is 3.07. The Morgan fingerprint density at radius 2 is 2.30 bits per heavy atom. The summed E-state index contributed by atoms with van der Waals surface area (Å²) >= 11 is 0. The molecule has 20 heavy (non-hydrogen) atoms. The van der Waals surface area contributed by atoms with Crippen LogP contribution in [0.5, 0.6) is 0 Å². The SMILES string of the molecule is CC1=NO[C@](C)(CNC(=O)c2cc(CC(C)C)no2)C1. The highest BCUT2D eigenvalue weighted by molar-refractivity contribution is 5.91. The fourth-order valence-corrected chi connectivity index (χ4v) is 2.18. The minimum absolute atomic E-state index is 0.236. The fraction of sp³-hybridized carbons (Fsp3) is 0.643. The van der Waals surface area contributed by atoms with Crippen LogP contribution < -0.4 is 5.32 Å². The first-order valence-electron chi connectivity index (χ1n) is 6.83. The number of nitrogens with zero attached hydrogens (tertiary/aromatic N) is 2. The van der Waals surface area contributed by atoms with Crippen molar-refractivity contribution in [2.24, 2.45) is 11.1 Å². The Kier molecular flexibility index (Phi) is 4.11. The highest BCUT2D eigenvalue weighted by Crippen LogP contribution is 2.22. The van der Waals surface area contributed by atoms with Gasteiger partial charge in [0, 0.05) is 12.5 Å². The van der Waals surface area contributed by atoms with E-state index in [2.05, 4.69) is 29.5 Å². The lowest BCUT2D eigenvalue weighted by Gasteiger charge is -2.21. The second-order valence-electron chi connectivity index (χ2n) is 6.01. The van der Waals surface area contributed by atoms with Gasteiger partial charge in [0.15, 0.2) is 5.60 Å². The molecule has 2 rings (SSSR count). The molecule has 2 heterocycles. The Labute approximate surface area is 118 Å². The monoisotopic (exact) mass is 279 g/mol. The van der Waals surface area contributed by atoms with E-state index in [1.54, 1.807) is 6.07 Å². The third-order valence-electron chi connectivity index (χ3n) is 3.07. The van der Waals surface area contributed by atoms with Gasteiger partial charge in [0.2, 0.25) is 5.76 Å². The maximum absolute atomic E-state index is 12.0. The Morgan fingerprint density at radius 1 is 1.55 bits per heavy atom. The van der Waals surface area contributed by atoms with Gasteiger partial charge in [0.05, 0.1) is 18.0 Å². The van der Waals surface area contributed by atoms with E-state index in [1.807, 2.05) is 13.8 Å². The lowest BCUT2D eigenvalue weighted by atomic mass is 10.0. The minimum Gasteiger partial charge on any atom is -0.387 e. The first-order chi connectivity index (χ1) is 9.38. The molecule has 0 aliphatic carbocycles. The Morgan fingerprint density at radius 3 is 2.90 bits per heavy atom. The normalized spacial score (nSPS) is 21.8. The number of nitrogens with one attached hydrogen (secondary N) is 1. The Bertz CT molecular complexity index is 521. The van der Waals surface area contributed by atoms with E-state index in [9.17, 15) is 4.79 Å². The molecule has 0 radical (unpaired) electrons. The van der Waals surface area contributed by atoms with E-state index >= 15 is 0 Å². The number of rotatable bonds is 5. The van der Waals surface area contributed by atoms with Crippen LogP contribution in [0, 0.1) is 5.92 Å². The lowest BCUT2D eigenvalue weighted by Crippen LogP contribution is -2.40. The summed E-state index contributed by atoms with van der Waals surface area (Å²) in [5, 5.41) is 10.6. The molecule has 6 nitrogen and oxygen atoms in total. The molecule has 0 saturated heterocycles. The summed E-state index contributed by atoms with van der Waals surface area (Å²) in [4.78, 5) is 17.3. The van der Waals surface area contributed by atoms with Crippen LogP contribution in [0.4, 0.5) is 0 Å². The molecule has 0 fully saturated rings. The largest absolute Gasteiger partial charge is 0.387 e.